The van der Waals surface area contributed by atoms with Crippen molar-refractivity contribution in [2.24, 2.45) is 0 Å². The van der Waals surface area contributed by atoms with Crippen LogP contribution in [-0.2, 0) is 6.42 Å². The molecule has 0 unspecified atom stereocenters. The first-order chi connectivity index (χ1) is 10.7. The van der Waals surface area contributed by atoms with Crippen LogP contribution in [0.4, 0.5) is 5.82 Å². The fourth-order valence-electron chi connectivity index (χ4n) is 2.81. The van der Waals surface area contributed by atoms with Crippen LogP contribution >= 0.6 is 31.9 Å². The van der Waals surface area contributed by atoms with Crippen molar-refractivity contribution in [3.05, 3.63) is 63.0 Å². The molecule has 2 heterocycles. The van der Waals surface area contributed by atoms with Crippen LogP contribution in [-0.4, -0.2) is 16.3 Å². The lowest BCUT2D eigenvalue weighted by molar-refractivity contribution is 0.882. The van der Waals surface area contributed by atoms with Crippen molar-refractivity contribution in [2.75, 3.05) is 11.9 Å². The average molecular weight is 419 g/mol. The van der Waals surface area contributed by atoms with Gasteiger partial charge in [-0.25, -0.2) is 4.68 Å². The summed E-state index contributed by atoms with van der Waals surface area (Å²) in [6, 6.07) is 16.5. The van der Waals surface area contributed by atoms with Crippen molar-refractivity contribution in [3.8, 4) is 16.9 Å². The molecule has 1 aliphatic heterocycles. The fourth-order valence-corrected chi connectivity index (χ4v) is 3.48. The standard InChI is InChI=1S/C17H13Br2N3/c18-12-4-6-14(7-5-12)22-17-15(8-9-20-17)16(21-22)11-2-1-3-13(19)10-11/h1-7,10,20H,8-9H2. The second-order valence-corrected chi connectivity index (χ2v) is 7.08. The minimum absolute atomic E-state index is 0.963. The Balaban J connectivity index is 1.88. The molecule has 0 fully saturated rings. The third-order valence-electron chi connectivity index (χ3n) is 3.82. The summed E-state index contributed by atoms with van der Waals surface area (Å²) < 4.78 is 4.15. The summed E-state index contributed by atoms with van der Waals surface area (Å²) in [5, 5.41) is 8.32. The number of nitrogens with one attached hydrogen (secondary N) is 1. The summed E-state index contributed by atoms with van der Waals surface area (Å²) in [5.74, 6) is 1.11. The van der Waals surface area contributed by atoms with E-state index in [2.05, 4.69) is 61.4 Å². The SMILES string of the molecule is Brc1ccc(-n2nc(-c3cccc(Br)c3)c3c2NCC3)cc1. The van der Waals surface area contributed by atoms with E-state index >= 15 is 0 Å². The lowest BCUT2D eigenvalue weighted by Gasteiger charge is -2.06. The summed E-state index contributed by atoms with van der Waals surface area (Å²) >= 11 is 7.02. The predicted molar refractivity (Wildman–Crippen MR) is 96.6 cm³/mol. The van der Waals surface area contributed by atoms with Crippen LogP contribution in [0.25, 0.3) is 16.9 Å². The molecule has 0 radical (unpaired) electrons. The number of fused-ring (bicyclic) bond motifs is 1. The molecule has 3 nitrogen and oxygen atoms in total. The van der Waals surface area contributed by atoms with Gasteiger partial charge in [0, 0.05) is 26.6 Å². The van der Waals surface area contributed by atoms with E-state index in [0.29, 0.717) is 0 Å². The summed E-state index contributed by atoms with van der Waals surface area (Å²) in [5.41, 5.74) is 4.56. The van der Waals surface area contributed by atoms with Crippen molar-refractivity contribution >= 4 is 37.7 Å². The Labute approximate surface area is 145 Å². The zero-order chi connectivity index (χ0) is 15.1. The van der Waals surface area contributed by atoms with Crippen molar-refractivity contribution in [3.63, 3.8) is 0 Å². The van der Waals surface area contributed by atoms with E-state index in [-0.39, 0.29) is 0 Å². The highest BCUT2D eigenvalue weighted by Crippen LogP contribution is 2.35. The van der Waals surface area contributed by atoms with E-state index in [1.807, 2.05) is 28.9 Å². The largest absolute Gasteiger partial charge is 0.369 e. The van der Waals surface area contributed by atoms with Gasteiger partial charge in [0.25, 0.3) is 0 Å². The van der Waals surface area contributed by atoms with Gasteiger partial charge < -0.3 is 5.32 Å². The summed E-state index contributed by atoms with van der Waals surface area (Å²) in [6.07, 6.45) is 1.01. The molecule has 0 saturated carbocycles. The van der Waals surface area contributed by atoms with Gasteiger partial charge in [-0.15, -0.1) is 0 Å². The highest BCUT2D eigenvalue weighted by molar-refractivity contribution is 9.10. The van der Waals surface area contributed by atoms with E-state index in [1.165, 1.54) is 5.56 Å². The molecule has 2 aromatic carbocycles. The van der Waals surface area contributed by atoms with Crippen molar-refractivity contribution in [2.45, 2.75) is 6.42 Å². The molecule has 0 spiro atoms. The number of hydrogen-bond donors (Lipinski definition) is 1. The third kappa shape index (κ3) is 2.38. The molecule has 1 aliphatic rings. The minimum atomic E-state index is 0.963. The van der Waals surface area contributed by atoms with Gasteiger partial charge in [0.2, 0.25) is 0 Å². The lowest BCUT2D eigenvalue weighted by Crippen LogP contribution is -2.04. The second kappa shape index (κ2) is 5.56. The molecular weight excluding hydrogens is 406 g/mol. The number of halogens is 2. The lowest BCUT2D eigenvalue weighted by atomic mass is 10.1. The number of hydrogen-bond acceptors (Lipinski definition) is 2. The number of aromatic nitrogens is 2. The van der Waals surface area contributed by atoms with Crippen LogP contribution < -0.4 is 5.32 Å². The quantitative estimate of drug-likeness (QED) is 0.632. The van der Waals surface area contributed by atoms with Crippen LogP contribution in [0.3, 0.4) is 0 Å². The maximum absolute atomic E-state index is 4.86. The van der Waals surface area contributed by atoms with Gasteiger partial charge in [-0.1, -0.05) is 44.0 Å². The topological polar surface area (TPSA) is 29.9 Å². The monoisotopic (exact) mass is 417 g/mol. The molecule has 4 rings (SSSR count). The van der Waals surface area contributed by atoms with Gasteiger partial charge in [-0.05, 0) is 42.8 Å². The molecular formula is C17H13Br2N3. The summed E-state index contributed by atoms with van der Waals surface area (Å²) in [4.78, 5) is 0. The molecule has 3 aromatic rings. The van der Waals surface area contributed by atoms with Crippen LogP contribution in [0.1, 0.15) is 5.56 Å². The number of rotatable bonds is 2. The van der Waals surface area contributed by atoms with Crippen LogP contribution in [0.5, 0.6) is 0 Å². The Kier molecular flexibility index (Phi) is 3.54. The van der Waals surface area contributed by atoms with Crippen LogP contribution in [0.2, 0.25) is 0 Å². The van der Waals surface area contributed by atoms with E-state index in [4.69, 9.17) is 5.10 Å². The highest BCUT2D eigenvalue weighted by atomic mass is 79.9. The van der Waals surface area contributed by atoms with E-state index in [9.17, 15) is 0 Å². The van der Waals surface area contributed by atoms with E-state index < -0.39 is 0 Å². The predicted octanol–water partition coefficient (Wildman–Crippen LogP) is 5.03. The summed E-state index contributed by atoms with van der Waals surface area (Å²) in [6.45, 7) is 0.963. The molecule has 110 valence electrons. The molecule has 0 amide bonds. The fraction of sp³-hybridized carbons (Fsp3) is 0.118. The van der Waals surface area contributed by atoms with Crippen molar-refractivity contribution in [1.29, 1.82) is 0 Å². The van der Waals surface area contributed by atoms with Gasteiger partial charge in [-0.3, -0.25) is 0 Å². The first-order valence-corrected chi connectivity index (χ1v) is 8.68. The van der Waals surface area contributed by atoms with E-state index in [1.54, 1.807) is 0 Å². The van der Waals surface area contributed by atoms with Gasteiger partial charge in [0.1, 0.15) is 5.82 Å². The normalized spacial score (nSPS) is 13.0. The zero-order valence-corrected chi connectivity index (χ0v) is 14.9. The molecule has 0 atom stereocenters. The Morgan fingerprint density at radius 3 is 2.59 bits per heavy atom. The van der Waals surface area contributed by atoms with Crippen molar-refractivity contribution in [1.82, 2.24) is 9.78 Å². The van der Waals surface area contributed by atoms with Crippen LogP contribution in [0.15, 0.2) is 57.5 Å². The Bertz CT molecular complexity index is 838. The zero-order valence-electron chi connectivity index (χ0n) is 11.7. The molecule has 1 N–H and O–H groups in total. The number of anilines is 1. The van der Waals surface area contributed by atoms with Gasteiger partial charge >= 0.3 is 0 Å². The number of nitrogens with zero attached hydrogens (tertiary/aromatic N) is 2. The van der Waals surface area contributed by atoms with Gasteiger partial charge in [0.15, 0.2) is 0 Å². The average Bonchev–Trinajstić information content (AvgIpc) is 3.10. The summed E-state index contributed by atoms with van der Waals surface area (Å²) in [7, 11) is 0. The minimum Gasteiger partial charge on any atom is -0.369 e. The van der Waals surface area contributed by atoms with Gasteiger partial charge in [0.05, 0.1) is 11.4 Å². The smallest absolute Gasteiger partial charge is 0.133 e. The Hall–Kier alpha value is -1.59. The highest BCUT2D eigenvalue weighted by Gasteiger charge is 2.23. The molecule has 0 bridgehead atoms. The first-order valence-electron chi connectivity index (χ1n) is 7.10. The maximum atomic E-state index is 4.86. The van der Waals surface area contributed by atoms with Crippen LogP contribution in [0, 0.1) is 0 Å². The Morgan fingerprint density at radius 1 is 1.00 bits per heavy atom. The Morgan fingerprint density at radius 2 is 1.82 bits per heavy atom. The van der Waals surface area contributed by atoms with E-state index in [0.717, 1.165) is 44.7 Å². The first kappa shape index (κ1) is 14.0. The molecule has 22 heavy (non-hydrogen) atoms. The molecule has 0 saturated heterocycles. The number of benzene rings is 2. The molecule has 0 aliphatic carbocycles. The molecule has 5 heteroatoms. The molecule has 1 aromatic heterocycles. The van der Waals surface area contributed by atoms with Gasteiger partial charge in [-0.2, -0.15) is 5.10 Å². The maximum Gasteiger partial charge on any atom is 0.133 e. The second-order valence-electron chi connectivity index (χ2n) is 5.25. The third-order valence-corrected chi connectivity index (χ3v) is 4.84. The van der Waals surface area contributed by atoms with Crippen molar-refractivity contribution < 1.29 is 0 Å².